The highest BCUT2D eigenvalue weighted by Gasteiger charge is 1.97. The number of rotatable bonds is 5. The van der Waals surface area contributed by atoms with Crippen LogP contribution in [0.3, 0.4) is 0 Å². The van der Waals surface area contributed by atoms with Crippen LogP contribution in [0.15, 0.2) is 54.6 Å². The molecule has 0 N–H and O–H groups in total. The Labute approximate surface area is 109 Å². The number of unbranched alkanes of at least 4 members (excludes halogenated alkanes) is 1. The lowest BCUT2D eigenvalue weighted by atomic mass is 10.0. The SMILES string of the molecule is SCCCCc1ccc(-c2ccccc2)cc1. The van der Waals surface area contributed by atoms with Crippen molar-refractivity contribution in [3.05, 3.63) is 60.2 Å². The molecule has 0 heterocycles. The molecule has 2 aromatic rings. The number of hydrogen-bond donors (Lipinski definition) is 1. The average molecular weight is 242 g/mol. The van der Waals surface area contributed by atoms with Gasteiger partial charge in [0.2, 0.25) is 0 Å². The fourth-order valence-electron chi connectivity index (χ4n) is 1.94. The summed E-state index contributed by atoms with van der Waals surface area (Å²) in [4.78, 5) is 0. The molecule has 0 bridgehead atoms. The van der Waals surface area contributed by atoms with Crippen molar-refractivity contribution in [2.24, 2.45) is 0 Å². The lowest BCUT2D eigenvalue weighted by Crippen LogP contribution is -1.86. The molecule has 0 saturated heterocycles. The topological polar surface area (TPSA) is 0 Å². The Balaban J connectivity index is 2.03. The van der Waals surface area contributed by atoms with Gasteiger partial charge in [0.05, 0.1) is 0 Å². The molecule has 0 aliphatic carbocycles. The minimum absolute atomic E-state index is 0.988. The molecular formula is C16H18S. The predicted molar refractivity (Wildman–Crippen MR) is 78.7 cm³/mol. The average Bonchev–Trinajstić information content (AvgIpc) is 2.41. The van der Waals surface area contributed by atoms with Crippen LogP contribution in [-0.2, 0) is 6.42 Å². The summed E-state index contributed by atoms with van der Waals surface area (Å²) >= 11 is 4.23. The third-order valence-electron chi connectivity index (χ3n) is 2.93. The Hall–Kier alpha value is -1.21. The maximum Gasteiger partial charge on any atom is -0.00978 e. The number of benzene rings is 2. The van der Waals surface area contributed by atoms with E-state index < -0.39 is 0 Å². The van der Waals surface area contributed by atoms with Crippen molar-refractivity contribution in [2.45, 2.75) is 19.3 Å². The largest absolute Gasteiger partial charge is 0.179 e. The van der Waals surface area contributed by atoms with Crippen LogP contribution in [0.1, 0.15) is 18.4 Å². The first-order chi connectivity index (χ1) is 8.40. The Morgan fingerprint density at radius 1 is 0.706 bits per heavy atom. The van der Waals surface area contributed by atoms with Crippen molar-refractivity contribution in [1.29, 1.82) is 0 Å². The highest BCUT2D eigenvalue weighted by Crippen LogP contribution is 2.19. The minimum atomic E-state index is 0.988. The van der Waals surface area contributed by atoms with Gasteiger partial charge in [-0.05, 0) is 41.7 Å². The molecule has 0 aliphatic heterocycles. The van der Waals surface area contributed by atoms with E-state index in [0.717, 1.165) is 12.2 Å². The van der Waals surface area contributed by atoms with Crippen molar-refractivity contribution >= 4 is 12.6 Å². The summed E-state index contributed by atoms with van der Waals surface area (Å²) < 4.78 is 0. The molecule has 0 aliphatic rings. The van der Waals surface area contributed by atoms with Crippen LogP contribution in [0, 0.1) is 0 Å². The summed E-state index contributed by atoms with van der Waals surface area (Å²) in [6.07, 6.45) is 3.59. The molecule has 2 rings (SSSR count). The molecule has 0 amide bonds. The van der Waals surface area contributed by atoms with E-state index in [2.05, 4.69) is 67.2 Å². The van der Waals surface area contributed by atoms with E-state index in [4.69, 9.17) is 0 Å². The van der Waals surface area contributed by atoms with E-state index in [1.54, 1.807) is 0 Å². The van der Waals surface area contributed by atoms with Gasteiger partial charge in [-0.3, -0.25) is 0 Å². The van der Waals surface area contributed by atoms with E-state index in [0.29, 0.717) is 0 Å². The van der Waals surface area contributed by atoms with Gasteiger partial charge in [-0.1, -0.05) is 54.6 Å². The zero-order valence-corrected chi connectivity index (χ0v) is 10.9. The zero-order chi connectivity index (χ0) is 11.9. The summed E-state index contributed by atoms with van der Waals surface area (Å²) in [5.74, 6) is 0.988. The lowest BCUT2D eigenvalue weighted by Gasteiger charge is -2.04. The van der Waals surface area contributed by atoms with Crippen molar-refractivity contribution < 1.29 is 0 Å². The first-order valence-corrected chi connectivity index (χ1v) is 6.78. The van der Waals surface area contributed by atoms with Gasteiger partial charge in [0.25, 0.3) is 0 Å². The van der Waals surface area contributed by atoms with Crippen LogP contribution < -0.4 is 0 Å². The molecule has 17 heavy (non-hydrogen) atoms. The number of thiol groups is 1. The van der Waals surface area contributed by atoms with Gasteiger partial charge in [-0.25, -0.2) is 0 Å². The third kappa shape index (κ3) is 3.64. The van der Waals surface area contributed by atoms with Gasteiger partial charge in [0, 0.05) is 0 Å². The van der Waals surface area contributed by atoms with E-state index in [9.17, 15) is 0 Å². The van der Waals surface area contributed by atoms with Gasteiger partial charge >= 0.3 is 0 Å². The first kappa shape index (κ1) is 12.3. The lowest BCUT2D eigenvalue weighted by molar-refractivity contribution is 0.804. The molecule has 0 fully saturated rings. The standard InChI is InChI=1S/C16H18S/c17-13-5-4-6-14-9-11-16(12-10-14)15-7-2-1-3-8-15/h1-3,7-12,17H,4-6,13H2. The van der Waals surface area contributed by atoms with Gasteiger partial charge in [0.15, 0.2) is 0 Å². The first-order valence-electron chi connectivity index (χ1n) is 6.15. The Kier molecular flexibility index (Phi) is 4.69. The fourth-order valence-corrected chi connectivity index (χ4v) is 2.16. The van der Waals surface area contributed by atoms with Crippen LogP contribution in [0.5, 0.6) is 0 Å². The summed E-state index contributed by atoms with van der Waals surface area (Å²) in [6, 6.07) is 19.4. The Bertz CT molecular complexity index is 431. The molecule has 0 aromatic heterocycles. The fraction of sp³-hybridized carbons (Fsp3) is 0.250. The molecule has 0 nitrogen and oxygen atoms in total. The normalized spacial score (nSPS) is 10.4. The predicted octanol–water partition coefficient (Wildman–Crippen LogP) is 4.61. The summed E-state index contributed by atoms with van der Waals surface area (Å²) in [5.41, 5.74) is 4.00. The second-order valence-electron chi connectivity index (χ2n) is 4.24. The quantitative estimate of drug-likeness (QED) is 0.574. The maximum atomic E-state index is 4.23. The van der Waals surface area contributed by atoms with Crippen molar-refractivity contribution in [3.8, 4) is 11.1 Å². The second-order valence-corrected chi connectivity index (χ2v) is 4.69. The number of hydrogen-bond acceptors (Lipinski definition) is 1. The molecule has 0 saturated carbocycles. The Morgan fingerprint density at radius 3 is 2.00 bits per heavy atom. The Morgan fingerprint density at radius 2 is 1.35 bits per heavy atom. The van der Waals surface area contributed by atoms with E-state index in [-0.39, 0.29) is 0 Å². The molecule has 1 heteroatoms. The molecule has 0 atom stereocenters. The molecule has 0 radical (unpaired) electrons. The highest BCUT2D eigenvalue weighted by atomic mass is 32.1. The van der Waals surface area contributed by atoms with Crippen LogP contribution in [0.4, 0.5) is 0 Å². The summed E-state index contributed by atoms with van der Waals surface area (Å²) in [5, 5.41) is 0. The van der Waals surface area contributed by atoms with Crippen LogP contribution in [-0.4, -0.2) is 5.75 Å². The third-order valence-corrected chi connectivity index (χ3v) is 3.25. The number of aryl methyl sites for hydroxylation is 1. The van der Waals surface area contributed by atoms with Gasteiger partial charge in [0.1, 0.15) is 0 Å². The zero-order valence-electron chi connectivity index (χ0n) is 9.97. The van der Waals surface area contributed by atoms with Crippen LogP contribution in [0.2, 0.25) is 0 Å². The molecule has 0 spiro atoms. The second kappa shape index (κ2) is 6.51. The highest BCUT2D eigenvalue weighted by molar-refractivity contribution is 7.80. The van der Waals surface area contributed by atoms with Crippen molar-refractivity contribution in [1.82, 2.24) is 0 Å². The van der Waals surface area contributed by atoms with Gasteiger partial charge < -0.3 is 0 Å². The van der Waals surface area contributed by atoms with Crippen molar-refractivity contribution in [3.63, 3.8) is 0 Å². The summed E-state index contributed by atoms with van der Waals surface area (Å²) in [6.45, 7) is 0. The van der Waals surface area contributed by atoms with Gasteiger partial charge in [-0.2, -0.15) is 12.6 Å². The van der Waals surface area contributed by atoms with Gasteiger partial charge in [-0.15, -0.1) is 0 Å². The smallest absolute Gasteiger partial charge is 0.00978 e. The van der Waals surface area contributed by atoms with E-state index in [1.165, 1.54) is 29.5 Å². The molecule has 88 valence electrons. The maximum absolute atomic E-state index is 4.23. The monoisotopic (exact) mass is 242 g/mol. The van der Waals surface area contributed by atoms with Crippen LogP contribution in [0.25, 0.3) is 11.1 Å². The summed E-state index contributed by atoms with van der Waals surface area (Å²) in [7, 11) is 0. The van der Waals surface area contributed by atoms with E-state index >= 15 is 0 Å². The minimum Gasteiger partial charge on any atom is -0.179 e. The van der Waals surface area contributed by atoms with Crippen LogP contribution >= 0.6 is 12.6 Å². The molecule has 0 unspecified atom stereocenters. The van der Waals surface area contributed by atoms with E-state index in [1.807, 2.05) is 0 Å². The molecule has 2 aromatic carbocycles. The molecular weight excluding hydrogens is 224 g/mol. The van der Waals surface area contributed by atoms with Crippen molar-refractivity contribution in [2.75, 3.05) is 5.75 Å².